The van der Waals surface area contributed by atoms with E-state index in [2.05, 4.69) is 30.6 Å². The van der Waals surface area contributed by atoms with Crippen LogP contribution in [0.15, 0.2) is 18.2 Å². The Bertz CT molecular complexity index is 478. The summed E-state index contributed by atoms with van der Waals surface area (Å²) in [5.74, 6) is 1.06. The van der Waals surface area contributed by atoms with Gasteiger partial charge in [-0.15, -0.1) is 0 Å². The van der Waals surface area contributed by atoms with Gasteiger partial charge in [0.25, 0.3) is 0 Å². The summed E-state index contributed by atoms with van der Waals surface area (Å²) in [7, 11) is 3.94. The summed E-state index contributed by atoms with van der Waals surface area (Å²) in [5, 5.41) is 3.53. The molecule has 1 aromatic rings. The molecule has 1 atom stereocenters. The van der Waals surface area contributed by atoms with E-state index in [-0.39, 0.29) is 11.6 Å². The molecule has 0 aromatic heterocycles. The maximum atomic E-state index is 6.09. The number of likely N-dealkylation sites (N-methyl/N-ethyl adjacent to an activating group) is 1. The summed E-state index contributed by atoms with van der Waals surface area (Å²) in [6, 6.07) is 6.90. The van der Waals surface area contributed by atoms with E-state index in [1.54, 1.807) is 0 Å². The van der Waals surface area contributed by atoms with Gasteiger partial charge >= 0.3 is 0 Å². The molecule has 0 spiro atoms. The smallest absolute Gasteiger partial charge is 0.122 e. The lowest BCUT2D eigenvalue weighted by Crippen LogP contribution is -2.44. The molecule has 3 heteroatoms. The Morgan fingerprint density at radius 2 is 1.95 bits per heavy atom. The molecule has 3 nitrogen and oxygen atoms in total. The minimum absolute atomic E-state index is 0.0705. The molecular formula is C18H27NO2. The van der Waals surface area contributed by atoms with Crippen molar-refractivity contribution in [3.63, 3.8) is 0 Å². The van der Waals surface area contributed by atoms with Crippen molar-refractivity contribution in [2.24, 2.45) is 0 Å². The molecule has 1 heterocycles. The monoisotopic (exact) mass is 289 g/mol. The molecule has 1 aromatic carbocycles. The SMILES string of the molecule is CNC(c1ccc2c(c1)CCO2)C1(OC)CCCCCC1. The van der Waals surface area contributed by atoms with Crippen molar-refractivity contribution < 1.29 is 9.47 Å². The van der Waals surface area contributed by atoms with Gasteiger partial charge in [0, 0.05) is 13.5 Å². The molecule has 0 saturated heterocycles. The van der Waals surface area contributed by atoms with E-state index < -0.39 is 0 Å². The Kier molecular flexibility index (Phi) is 4.51. The standard InChI is InChI=1S/C18H27NO2/c1-19-17(18(20-2)10-5-3-4-6-11-18)15-7-8-16-14(13-15)9-12-21-16/h7-8,13,17,19H,3-6,9-12H2,1-2H3. The van der Waals surface area contributed by atoms with Crippen molar-refractivity contribution in [3.8, 4) is 5.75 Å². The molecule has 3 rings (SSSR count). The van der Waals surface area contributed by atoms with Gasteiger partial charge in [0.2, 0.25) is 0 Å². The highest BCUT2D eigenvalue weighted by Crippen LogP contribution is 2.41. The van der Waals surface area contributed by atoms with Crippen LogP contribution in [-0.2, 0) is 11.2 Å². The van der Waals surface area contributed by atoms with E-state index in [9.17, 15) is 0 Å². The minimum atomic E-state index is -0.0705. The van der Waals surface area contributed by atoms with Crippen LogP contribution in [0.1, 0.15) is 55.7 Å². The highest BCUT2D eigenvalue weighted by Gasteiger charge is 2.39. The van der Waals surface area contributed by atoms with Crippen LogP contribution in [0, 0.1) is 0 Å². The summed E-state index contributed by atoms with van der Waals surface area (Å²) in [5.41, 5.74) is 2.61. The van der Waals surface area contributed by atoms with E-state index in [0.717, 1.165) is 31.6 Å². The quantitative estimate of drug-likeness (QED) is 0.859. The topological polar surface area (TPSA) is 30.5 Å². The molecule has 0 amide bonds. The van der Waals surface area contributed by atoms with E-state index >= 15 is 0 Å². The first-order chi connectivity index (χ1) is 10.3. The van der Waals surface area contributed by atoms with Gasteiger partial charge in [-0.2, -0.15) is 0 Å². The Morgan fingerprint density at radius 3 is 2.62 bits per heavy atom. The number of hydrogen-bond acceptors (Lipinski definition) is 3. The first-order valence-electron chi connectivity index (χ1n) is 8.27. The fourth-order valence-corrected chi connectivity index (χ4v) is 4.06. The predicted octanol–water partition coefficient (Wildman–Crippen LogP) is 3.62. The Balaban J connectivity index is 1.92. The lowest BCUT2D eigenvalue weighted by atomic mass is 9.81. The summed E-state index contributed by atoms with van der Waals surface area (Å²) in [4.78, 5) is 0. The maximum Gasteiger partial charge on any atom is 0.122 e. The molecule has 0 bridgehead atoms. The fraction of sp³-hybridized carbons (Fsp3) is 0.667. The van der Waals surface area contributed by atoms with Crippen LogP contribution in [0.3, 0.4) is 0 Å². The second-order valence-corrected chi connectivity index (χ2v) is 6.37. The van der Waals surface area contributed by atoms with E-state index in [1.807, 2.05) is 7.11 Å². The molecule has 116 valence electrons. The van der Waals surface area contributed by atoms with Gasteiger partial charge in [-0.3, -0.25) is 0 Å². The predicted molar refractivity (Wildman–Crippen MR) is 84.9 cm³/mol. The number of methoxy groups -OCH3 is 1. The third-order valence-corrected chi connectivity index (χ3v) is 5.22. The van der Waals surface area contributed by atoms with Crippen LogP contribution >= 0.6 is 0 Å². The van der Waals surface area contributed by atoms with Crippen molar-refractivity contribution in [2.45, 2.75) is 56.6 Å². The fourth-order valence-electron chi connectivity index (χ4n) is 4.06. The zero-order chi connectivity index (χ0) is 14.7. The van der Waals surface area contributed by atoms with Crippen molar-refractivity contribution >= 4 is 0 Å². The van der Waals surface area contributed by atoms with Gasteiger partial charge in [-0.05, 0) is 37.1 Å². The van der Waals surface area contributed by atoms with E-state index in [0.29, 0.717) is 0 Å². The third kappa shape index (κ3) is 2.82. The van der Waals surface area contributed by atoms with Crippen molar-refractivity contribution in [1.82, 2.24) is 5.32 Å². The molecule has 21 heavy (non-hydrogen) atoms. The van der Waals surface area contributed by atoms with Crippen molar-refractivity contribution in [3.05, 3.63) is 29.3 Å². The molecular weight excluding hydrogens is 262 g/mol. The first-order valence-corrected chi connectivity index (χ1v) is 8.27. The second-order valence-electron chi connectivity index (χ2n) is 6.37. The molecule has 0 radical (unpaired) electrons. The van der Waals surface area contributed by atoms with Gasteiger partial charge in [0.05, 0.1) is 18.2 Å². The number of fused-ring (bicyclic) bond motifs is 1. The van der Waals surface area contributed by atoms with Crippen LogP contribution in [0.25, 0.3) is 0 Å². The van der Waals surface area contributed by atoms with Crippen LogP contribution < -0.4 is 10.1 Å². The van der Waals surface area contributed by atoms with Gasteiger partial charge in [-0.1, -0.05) is 37.8 Å². The minimum Gasteiger partial charge on any atom is -0.493 e. The molecule has 1 saturated carbocycles. The van der Waals surface area contributed by atoms with Crippen molar-refractivity contribution in [1.29, 1.82) is 0 Å². The zero-order valence-electron chi connectivity index (χ0n) is 13.3. The lowest BCUT2D eigenvalue weighted by Gasteiger charge is -2.39. The maximum absolute atomic E-state index is 6.09. The molecule has 1 aliphatic carbocycles. The summed E-state index contributed by atoms with van der Waals surface area (Å²) >= 11 is 0. The molecule has 1 N–H and O–H groups in total. The zero-order valence-corrected chi connectivity index (χ0v) is 13.3. The number of hydrogen-bond donors (Lipinski definition) is 1. The van der Waals surface area contributed by atoms with Gasteiger partial charge in [0.15, 0.2) is 0 Å². The summed E-state index contributed by atoms with van der Waals surface area (Å²) in [6.45, 7) is 0.818. The van der Waals surface area contributed by atoms with Gasteiger partial charge in [0.1, 0.15) is 5.75 Å². The van der Waals surface area contributed by atoms with Crippen molar-refractivity contribution in [2.75, 3.05) is 20.8 Å². The number of benzene rings is 1. The number of ether oxygens (including phenoxy) is 2. The summed E-state index contributed by atoms with van der Waals surface area (Å²) < 4.78 is 11.7. The van der Waals surface area contributed by atoms with Crippen LogP contribution in [0.5, 0.6) is 5.75 Å². The largest absolute Gasteiger partial charge is 0.493 e. The first kappa shape index (κ1) is 14.9. The number of nitrogens with one attached hydrogen (secondary N) is 1. The highest BCUT2D eigenvalue weighted by atomic mass is 16.5. The molecule has 1 fully saturated rings. The molecule has 1 unspecified atom stereocenters. The Labute approximate surface area is 128 Å². The molecule has 2 aliphatic rings. The number of rotatable bonds is 4. The van der Waals surface area contributed by atoms with Crippen LogP contribution in [-0.4, -0.2) is 26.4 Å². The Hall–Kier alpha value is -1.06. The van der Waals surface area contributed by atoms with Crippen LogP contribution in [0.2, 0.25) is 0 Å². The average molecular weight is 289 g/mol. The van der Waals surface area contributed by atoms with Gasteiger partial charge < -0.3 is 14.8 Å². The normalized spacial score (nSPS) is 22.2. The molecule has 1 aliphatic heterocycles. The van der Waals surface area contributed by atoms with E-state index in [1.165, 1.54) is 36.8 Å². The third-order valence-electron chi connectivity index (χ3n) is 5.22. The second kappa shape index (κ2) is 6.37. The average Bonchev–Trinajstić information content (AvgIpc) is 2.85. The Morgan fingerprint density at radius 1 is 1.19 bits per heavy atom. The lowest BCUT2D eigenvalue weighted by molar-refractivity contribution is -0.0523. The van der Waals surface area contributed by atoms with Crippen LogP contribution in [0.4, 0.5) is 0 Å². The van der Waals surface area contributed by atoms with E-state index in [4.69, 9.17) is 9.47 Å². The van der Waals surface area contributed by atoms with Gasteiger partial charge in [-0.25, -0.2) is 0 Å². The summed E-state index contributed by atoms with van der Waals surface area (Å²) in [6.07, 6.45) is 8.50. The highest BCUT2D eigenvalue weighted by molar-refractivity contribution is 5.41.